The van der Waals surface area contributed by atoms with E-state index < -0.39 is 6.04 Å². The van der Waals surface area contributed by atoms with Gasteiger partial charge >= 0.3 is 0 Å². The third-order valence-corrected chi connectivity index (χ3v) is 3.49. The molecule has 0 saturated heterocycles. The molecule has 0 aliphatic carbocycles. The van der Waals surface area contributed by atoms with Gasteiger partial charge in [-0.25, -0.2) is 9.37 Å². The van der Waals surface area contributed by atoms with Gasteiger partial charge in [-0.2, -0.15) is 0 Å². The van der Waals surface area contributed by atoms with Crippen molar-refractivity contribution >= 4 is 5.91 Å². The SMILES string of the molecule is Cn1ccnc1[C@H](NC(=O)c1ccccn1)c1ccc(F)cc1. The highest BCUT2D eigenvalue weighted by atomic mass is 19.1. The summed E-state index contributed by atoms with van der Waals surface area (Å²) >= 11 is 0. The molecule has 1 aromatic carbocycles. The Labute approximate surface area is 132 Å². The minimum absolute atomic E-state index is 0.314. The van der Waals surface area contributed by atoms with E-state index in [4.69, 9.17) is 0 Å². The largest absolute Gasteiger partial charge is 0.337 e. The van der Waals surface area contributed by atoms with Crippen molar-refractivity contribution in [3.63, 3.8) is 0 Å². The van der Waals surface area contributed by atoms with Gasteiger partial charge < -0.3 is 9.88 Å². The zero-order valence-corrected chi connectivity index (χ0v) is 12.5. The average Bonchev–Trinajstić information content (AvgIpc) is 3.00. The summed E-state index contributed by atoms with van der Waals surface area (Å²) in [7, 11) is 1.84. The van der Waals surface area contributed by atoms with Gasteiger partial charge in [0, 0.05) is 25.6 Å². The minimum Gasteiger partial charge on any atom is -0.337 e. The van der Waals surface area contributed by atoms with Crippen LogP contribution in [0, 0.1) is 5.82 Å². The van der Waals surface area contributed by atoms with E-state index in [0.717, 1.165) is 5.56 Å². The van der Waals surface area contributed by atoms with Crippen LogP contribution in [0.3, 0.4) is 0 Å². The molecule has 5 nitrogen and oxygen atoms in total. The third kappa shape index (κ3) is 3.26. The van der Waals surface area contributed by atoms with E-state index in [1.54, 1.807) is 48.9 Å². The molecule has 2 aromatic heterocycles. The Hall–Kier alpha value is -3.02. The molecule has 0 saturated carbocycles. The second kappa shape index (κ2) is 6.39. The first-order valence-corrected chi connectivity index (χ1v) is 7.10. The number of hydrogen-bond acceptors (Lipinski definition) is 3. The Morgan fingerprint density at radius 1 is 1.13 bits per heavy atom. The van der Waals surface area contributed by atoms with Crippen molar-refractivity contribution in [3.8, 4) is 0 Å². The zero-order chi connectivity index (χ0) is 16.2. The number of hydrogen-bond donors (Lipinski definition) is 1. The number of imidazole rings is 1. The number of halogens is 1. The van der Waals surface area contributed by atoms with E-state index in [-0.39, 0.29) is 11.7 Å². The van der Waals surface area contributed by atoms with Crippen LogP contribution in [0.4, 0.5) is 4.39 Å². The number of amides is 1. The van der Waals surface area contributed by atoms with Gasteiger partial charge in [0.1, 0.15) is 23.4 Å². The lowest BCUT2D eigenvalue weighted by molar-refractivity contribution is 0.0936. The third-order valence-electron chi connectivity index (χ3n) is 3.49. The van der Waals surface area contributed by atoms with Crippen molar-refractivity contribution in [2.75, 3.05) is 0 Å². The molecule has 0 fully saturated rings. The molecule has 1 atom stereocenters. The fraction of sp³-hybridized carbons (Fsp3) is 0.118. The van der Waals surface area contributed by atoms with Crippen molar-refractivity contribution in [2.45, 2.75) is 6.04 Å². The number of nitrogens with zero attached hydrogens (tertiary/aromatic N) is 3. The minimum atomic E-state index is -0.495. The highest BCUT2D eigenvalue weighted by Gasteiger charge is 2.21. The molecule has 3 rings (SSSR count). The monoisotopic (exact) mass is 310 g/mol. The van der Waals surface area contributed by atoms with Crippen molar-refractivity contribution in [2.24, 2.45) is 7.05 Å². The van der Waals surface area contributed by atoms with Gasteiger partial charge in [0.15, 0.2) is 0 Å². The molecule has 6 heteroatoms. The summed E-state index contributed by atoms with van der Waals surface area (Å²) in [6, 6.07) is 10.6. The summed E-state index contributed by atoms with van der Waals surface area (Å²) in [5.41, 5.74) is 1.05. The molecular weight excluding hydrogens is 295 g/mol. The molecule has 0 bridgehead atoms. The number of aryl methyl sites for hydroxylation is 1. The van der Waals surface area contributed by atoms with Crippen LogP contribution in [0.25, 0.3) is 0 Å². The number of pyridine rings is 1. The maximum atomic E-state index is 13.2. The molecule has 0 spiro atoms. The van der Waals surface area contributed by atoms with Crippen LogP contribution in [0.2, 0.25) is 0 Å². The second-order valence-corrected chi connectivity index (χ2v) is 5.07. The van der Waals surface area contributed by atoms with E-state index >= 15 is 0 Å². The van der Waals surface area contributed by atoms with Crippen LogP contribution in [0.15, 0.2) is 61.1 Å². The zero-order valence-electron chi connectivity index (χ0n) is 12.5. The van der Waals surface area contributed by atoms with Crippen LogP contribution in [0.1, 0.15) is 27.9 Å². The quantitative estimate of drug-likeness (QED) is 0.805. The van der Waals surface area contributed by atoms with Gasteiger partial charge in [-0.3, -0.25) is 9.78 Å². The van der Waals surface area contributed by atoms with Crippen LogP contribution >= 0.6 is 0 Å². The van der Waals surface area contributed by atoms with Gasteiger partial charge in [0.25, 0.3) is 5.91 Å². The van der Waals surface area contributed by atoms with Crippen LogP contribution < -0.4 is 5.32 Å². The van der Waals surface area contributed by atoms with E-state index in [1.807, 2.05) is 11.6 Å². The highest BCUT2D eigenvalue weighted by Crippen LogP contribution is 2.21. The molecule has 3 aromatic rings. The van der Waals surface area contributed by atoms with Gasteiger partial charge in [0.05, 0.1) is 0 Å². The second-order valence-electron chi connectivity index (χ2n) is 5.07. The Balaban J connectivity index is 1.94. The summed E-state index contributed by atoms with van der Waals surface area (Å²) in [5.74, 6) is 0.00667. The molecule has 23 heavy (non-hydrogen) atoms. The predicted molar refractivity (Wildman–Crippen MR) is 83.2 cm³/mol. The summed E-state index contributed by atoms with van der Waals surface area (Å²) in [6.07, 6.45) is 5.00. The number of aromatic nitrogens is 3. The first-order valence-electron chi connectivity index (χ1n) is 7.10. The van der Waals surface area contributed by atoms with Gasteiger partial charge in [-0.05, 0) is 29.8 Å². The Morgan fingerprint density at radius 2 is 1.91 bits per heavy atom. The molecule has 0 radical (unpaired) electrons. The summed E-state index contributed by atoms with van der Waals surface area (Å²) < 4.78 is 15.0. The van der Waals surface area contributed by atoms with E-state index in [2.05, 4.69) is 15.3 Å². The van der Waals surface area contributed by atoms with Gasteiger partial charge in [-0.15, -0.1) is 0 Å². The van der Waals surface area contributed by atoms with Crippen molar-refractivity contribution < 1.29 is 9.18 Å². The lowest BCUT2D eigenvalue weighted by atomic mass is 10.1. The molecule has 1 amide bonds. The number of benzene rings is 1. The summed E-state index contributed by atoms with van der Waals surface area (Å²) in [4.78, 5) is 20.8. The molecule has 116 valence electrons. The van der Waals surface area contributed by atoms with Crippen molar-refractivity contribution in [3.05, 3.63) is 84.0 Å². The molecule has 0 unspecified atom stereocenters. The van der Waals surface area contributed by atoms with Crippen LogP contribution in [-0.2, 0) is 7.05 Å². The standard InChI is InChI=1S/C17H15FN4O/c1-22-11-10-20-16(22)15(12-5-7-13(18)8-6-12)21-17(23)14-4-2-3-9-19-14/h2-11,15H,1H3,(H,21,23)/t15-/m1/s1. The Bertz CT molecular complexity index is 799. The summed E-state index contributed by atoms with van der Waals surface area (Å²) in [5, 5.41) is 2.91. The maximum absolute atomic E-state index is 13.2. The molecule has 1 N–H and O–H groups in total. The van der Waals surface area contributed by atoms with E-state index in [1.165, 1.54) is 12.1 Å². The number of carbonyl (C=O) groups is 1. The first kappa shape index (κ1) is 14.9. The fourth-order valence-corrected chi connectivity index (χ4v) is 2.31. The molecular formula is C17H15FN4O. The van der Waals surface area contributed by atoms with Crippen molar-refractivity contribution in [1.82, 2.24) is 19.9 Å². The number of rotatable bonds is 4. The normalized spacial score (nSPS) is 11.9. The van der Waals surface area contributed by atoms with Crippen molar-refractivity contribution in [1.29, 1.82) is 0 Å². The van der Waals surface area contributed by atoms with E-state index in [0.29, 0.717) is 11.5 Å². The molecule has 0 aliphatic rings. The van der Waals surface area contributed by atoms with E-state index in [9.17, 15) is 9.18 Å². The molecule has 0 aliphatic heterocycles. The number of carbonyl (C=O) groups excluding carboxylic acids is 1. The van der Waals surface area contributed by atoms with Gasteiger partial charge in [-0.1, -0.05) is 18.2 Å². The number of nitrogens with one attached hydrogen (secondary N) is 1. The Morgan fingerprint density at radius 3 is 2.52 bits per heavy atom. The predicted octanol–water partition coefficient (Wildman–Crippen LogP) is 2.47. The highest BCUT2D eigenvalue weighted by molar-refractivity contribution is 5.92. The smallest absolute Gasteiger partial charge is 0.270 e. The Kier molecular flexibility index (Phi) is 4.14. The van der Waals surface area contributed by atoms with Crippen LogP contribution in [-0.4, -0.2) is 20.4 Å². The fourth-order valence-electron chi connectivity index (χ4n) is 2.31. The lowest BCUT2D eigenvalue weighted by Gasteiger charge is -2.19. The summed E-state index contributed by atoms with van der Waals surface area (Å²) in [6.45, 7) is 0. The van der Waals surface area contributed by atoms with Crippen LogP contribution in [0.5, 0.6) is 0 Å². The van der Waals surface area contributed by atoms with Gasteiger partial charge in [0.2, 0.25) is 0 Å². The lowest BCUT2D eigenvalue weighted by Crippen LogP contribution is -2.31. The maximum Gasteiger partial charge on any atom is 0.270 e. The molecule has 2 heterocycles. The first-order chi connectivity index (χ1) is 11.1. The topological polar surface area (TPSA) is 59.8 Å². The average molecular weight is 310 g/mol.